The first-order valence-electron chi connectivity index (χ1n) is 6.41. The molecule has 0 spiro atoms. The molecule has 5 nitrogen and oxygen atoms in total. The summed E-state index contributed by atoms with van der Waals surface area (Å²) in [6.45, 7) is 4.41. The van der Waals surface area contributed by atoms with E-state index in [2.05, 4.69) is 4.72 Å². The molecule has 0 saturated carbocycles. The van der Waals surface area contributed by atoms with Gasteiger partial charge in [-0.1, -0.05) is 17.7 Å². The Kier molecular flexibility index (Phi) is 4.30. The van der Waals surface area contributed by atoms with Gasteiger partial charge in [-0.2, -0.15) is 0 Å². The summed E-state index contributed by atoms with van der Waals surface area (Å²) < 4.78 is 33.1. The van der Waals surface area contributed by atoms with E-state index in [9.17, 15) is 8.42 Å². The molecule has 1 saturated heterocycles. The molecule has 7 heteroatoms. The molecule has 112 valence electrons. The lowest BCUT2D eigenvalue weighted by Crippen LogP contribution is -2.45. The molecular formula is C13H19ClN2O3S. The summed E-state index contributed by atoms with van der Waals surface area (Å²) in [5, 5.41) is 0.129. The van der Waals surface area contributed by atoms with Crippen molar-refractivity contribution >= 4 is 27.3 Å². The molecule has 1 heterocycles. The van der Waals surface area contributed by atoms with E-state index in [4.69, 9.17) is 22.1 Å². The summed E-state index contributed by atoms with van der Waals surface area (Å²) in [4.78, 5) is -0.0500. The maximum Gasteiger partial charge on any atom is 0.244 e. The van der Waals surface area contributed by atoms with Crippen LogP contribution in [0, 0.1) is 0 Å². The van der Waals surface area contributed by atoms with Crippen LogP contribution in [0.4, 0.5) is 5.69 Å². The van der Waals surface area contributed by atoms with Crippen molar-refractivity contribution in [3.05, 3.63) is 23.2 Å². The van der Waals surface area contributed by atoms with Crippen LogP contribution in [0.5, 0.6) is 0 Å². The number of nitrogen functional groups attached to an aromatic ring is 1. The monoisotopic (exact) mass is 318 g/mol. The zero-order chi connectivity index (χ0) is 15.0. The highest BCUT2D eigenvalue weighted by Crippen LogP contribution is 2.29. The van der Waals surface area contributed by atoms with Gasteiger partial charge < -0.3 is 10.5 Å². The predicted octanol–water partition coefficient (Wildman–Crippen LogP) is 2.16. The number of nitrogens with one attached hydrogen (secondary N) is 1. The normalized spacial score (nSPS) is 22.6. The number of rotatable bonds is 3. The molecule has 1 aliphatic rings. The standard InChI is InChI=1S/C13H19ClN2O3S/c1-13(2)8-9(6-7-19-13)16-20(17,18)12-10(14)4-3-5-11(12)15/h3-5,9,16H,6-8,15H2,1-2H3. The molecule has 0 amide bonds. The SMILES string of the molecule is CC1(C)CC(NS(=O)(=O)c2c(N)cccc2Cl)CCO1. The first kappa shape index (κ1) is 15.6. The number of hydrogen-bond donors (Lipinski definition) is 2. The Hall–Kier alpha value is -0.820. The summed E-state index contributed by atoms with van der Waals surface area (Å²) in [6, 6.07) is 4.47. The van der Waals surface area contributed by atoms with E-state index in [1.807, 2.05) is 13.8 Å². The Morgan fingerprint density at radius 3 is 2.75 bits per heavy atom. The fourth-order valence-electron chi connectivity index (χ4n) is 2.42. The van der Waals surface area contributed by atoms with Crippen LogP contribution in [0.1, 0.15) is 26.7 Å². The highest BCUT2D eigenvalue weighted by Gasteiger charge is 2.32. The average molecular weight is 319 g/mol. The quantitative estimate of drug-likeness (QED) is 0.837. The van der Waals surface area contributed by atoms with Crippen LogP contribution in [0.15, 0.2) is 23.1 Å². The van der Waals surface area contributed by atoms with Crippen molar-refractivity contribution in [2.24, 2.45) is 0 Å². The van der Waals surface area contributed by atoms with Gasteiger partial charge in [0.2, 0.25) is 10.0 Å². The van der Waals surface area contributed by atoms with Crippen molar-refractivity contribution in [1.82, 2.24) is 4.72 Å². The summed E-state index contributed by atoms with van der Waals surface area (Å²) in [5.41, 5.74) is 5.55. The first-order valence-corrected chi connectivity index (χ1v) is 8.28. The molecular weight excluding hydrogens is 300 g/mol. The van der Waals surface area contributed by atoms with Crippen LogP contribution in [0.3, 0.4) is 0 Å². The van der Waals surface area contributed by atoms with E-state index in [1.165, 1.54) is 12.1 Å². The zero-order valence-corrected chi connectivity index (χ0v) is 13.1. The molecule has 0 bridgehead atoms. The minimum Gasteiger partial charge on any atom is -0.398 e. The fourth-order valence-corrected chi connectivity index (χ4v) is 4.37. The summed E-state index contributed by atoms with van der Waals surface area (Å²) in [7, 11) is -3.73. The smallest absolute Gasteiger partial charge is 0.244 e. The highest BCUT2D eigenvalue weighted by atomic mass is 35.5. The lowest BCUT2D eigenvalue weighted by molar-refractivity contribution is -0.0599. The molecule has 1 fully saturated rings. The van der Waals surface area contributed by atoms with Gasteiger partial charge in [-0.3, -0.25) is 0 Å². The van der Waals surface area contributed by atoms with Crippen LogP contribution in [-0.4, -0.2) is 26.7 Å². The van der Waals surface area contributed by atoms with Crippen LogP contribution >= 0.6 is 11.6 Å². The molecule has 3 N–H and O–H groups in total. The first-order chi connectivity index (χ1) is 9.21. The van der Waals surface area contributed by atoms with Gasteiger partial charge in [0.05, 0.1) is 16.3 Å². The van der Waals surface area contributed by atoms with Gasteiger partial charge in [0.15, 0.2) is 0 Å². The average Bonchev–Trinajstić information content (AvgIpc) is 2.25. The van der Waals surface area contributed by atoms with Crippen molar-refractivity contribution in [3.63, 3.8) is 0 Å². The summed E-state index contributed by atoms with van der Waals surface area (Å²) >= 11 is 5.96. The van der Waals surface area contributed by atoms with Gasteiger partial charge in [-0.15, -0.1) is 0 Å². The number of sulfonamides is 1. The van der Waals surface area contributed by atoms with Crippen LogP contribution in [-0.2, 0) is 14.8 Å². The number of anilines is 1. The van der Waals surface area contributed by atoms with Gasteiger partial charge >= 0.3 is 0 Å². The zero-order valence-electron chi connectivity index (χ0n) is 11.5. The van der Waals surface area contributed by atoms with Gasteiger partial charge in [0.25, 0.3) is 0 Å². The highest BCUT2D eigenvalue weighted by molar-refractivity contribution is 7.89. The number of halogens is 1. The van der Waals surface area contributed by atoms with Crippen molar-refractivity contribution in [2.75, 3.05) is 12.3 Å². The maximum absolute atomic E-state index is 12.4. The third-order valence-electron chi connectivity index (χ3n) is 3.29. The summed E-state index contributed by atoms with van der Waals surface area (Å²) in [5.74, 6) is 0. The van der Waals surface area contributed by atoms with Gasteiger partial charge in [-0.05, 0) is 38.8 Å². The number of ether oxygens (including phenoxy) is 1. The van der Waals surface area contributed by atoms with E-state index in [1.54, 1.807) is 6.07 Å². The molecule has 20 heavy (non-hydrogen) atoms. The second-order valence-corrected chi connectivity index (χ2v) is 7.64. The molecule has 2 rings (SSSR count). The number of benzene rings is 1. The third kappa shape index (κ3) is 3.44. The van der Waals surface area contributed by atoms with Gasteiger partial charge in [-0.25, -0.2) is 13.1 Å². The van der Waals surface area contributed by atoms with Gasteiger partial charge in [0.1, 0.15) is 4.90 Å². The lowest BCUT2D eigenvalue weighted by atomic mass is 9.95. The molecule has 0 aliphatic carbocycles. The minimum absolute atomic E-state index is 0.0500. The Morgan fingerprint density at radius 1 is 1.45 bits per heavy atom. The van der Waals surface area contributed by atoms with E-state index in [0.717, 1.165) is 0 Å². The Balaban J connectivity index is 2.24. The lowest BCUT2D eigenvalue weighted by Gasteiger charge is -2.35. The molecule has 1 aromatic carbocycles. The number of hydrogen-bond acceptors (Lipinski definition) is 4. The molecule has 1 atom stereocenters. The van der Waals surface area contributed by atoms with Crippen LogP contribution in [0.25, 0.3) is 0 Å². The van der Waals surface area contributed by atoms with E-state index < -0.39 is 10.0 Å². The van der Waals surface area contributed by atoms with E-state index in [-0.39, 0.29) is 27.2 Å². The maximum atomic E-state index is 12.4. The molecule has 1 aromatic rings. The second-order valence-electron chi connectivity index (χ2n) is 5.58. The fraction of sp³-hybridized carbons (Fsp3) is 0.538. The van der Waals surface area contributed by atoms with E-state index in [0.29, 0.717) is 19.4 Å². The topological polar surface area (TPSA) is 81.4 Å². The second kappa shape index (κ2) is 5.52. The molecule has 0 radical (unpaired) electrons. The molecule has 0 aromatic heterocycles. The predicted molar refractivity (Wildman–Crippen MR) is 79.2 cm³/mol. The van der Waals surface area contributed by atoms with Crippen molar-refractivity contribution < 1.29 is 13.2 Å². The number of nitrogens with two attached hydrogens (primary N) is 1. The largest absolute Gasteiger partial charge is 0.398 e. The van der Waals surface area contributed by atoms with Crippen LogP contribution in [0.2, 0.25) is 5.02 Å². The molecule has 1 aliphatic heterocycles. The Morgan fingerprint density at radius 2 is 2.15 bits per heavy atom. The van der Waals surface area contributed by atoms with E-state index >= 15 is 0 Å². The summed E-state index contributed by atoms with van der Waals surface area (Å²) in [6.07, 6.45) is 1.24. The van der Waals surface area contributed by atoms with Crippen molar-refractivity contribution in [2.45, 2.75) is 43.2 Å². The minimum atomic E-state index is -3.73. The Bertz CT molecular complexity index is 581. The van der Waals surface area contributed by atoms with Gasteiger partial charge in [0, 0.05) is 12.6 Å². The Labute approximate surface area is 124 Å². The van der Waals surface area contributed by atoms with Crippen LogP contribution < -0.4 is 10.5 Å². The third-order valence-corrected chi connectivity index (χ3v) is 5.35. The van der Waals surface area contributed by atoms with Crippen molar-refractivity contribution in [3.8, 4) is 0 Å². The molecule has 1 unspecified atom stereocenters. The van der Waals surface area contributed by atoms with Crippen molar-refractivity contribution in [1.29, 1.82) is 0 Å².